The van der Waals surface area contributed by atoms with Gasteiger partial charge in [-0.2, -0.15) is 0 Å². The maximum atomic E-state index is 5.36. The molecule has 0 amide bonds. The van der Waals surface area contributed by atoms with E-state index >= 15 is 0 Å². The molecular weight excluding hydrogens is 254 g/mol. The van der Waals surface area contributed by atoms with Crippen molar-refractivity contribution in [1.82, 2.24) is 4.57 Å². The molecule has 2 aromatic carbocycles. The third kappa shape index (κ3) is 2.36. The van der Waals surface area contributed by atoms with Crippen molar-refractivity contribution in [2.24, 2.45) is 0 Å². The van der Waals surface area contributed by atoms with E-state index in [1.165, 1.54) is 21.8 Å². The predicted molar refractivity (Wildman–Crippen MR) is 83.5 cm³/mol. The fourth-order valence-electron chi connectivity index (χ4n) is 2.52. The molecule has 3 heteroatoms. The predicted octanol–water partition coefficient (Wildman–Crippen LogP) is 4.48. The normalized spacial score (nSPS) is 11.4. The van der Waals surface area contributed by atoms with E-state index < -0.39 is 0 Å². The SMILES string of the molecule is CCOSCCn1c2ccccc2c2ccccc21. The van der Waals surface area contributed by atoms with Crippen LogP contribution in [0.2, 0.25) is 0 Å². The molecular formula is C16H17NOS. The maximum absolute atomic E-state index is 5.36. The van der Waals surface area contributed by atoms with Gasteiger partial charge in [0.05, 0.1) is 6.61 Å². The molecule has 0 aliphatic heterocycles. The third-order valence-electron chi connectivity index (χ3n) is 3.28. The molecule has 0 fully saturated rings. The monoisotopic (exact) mass is 271 g/mol. The fourth-order valence-corrected chi connectivity index (χ4v) is 3.06. The first-order chi connectivity index (χ1) is 9.42. The Bertz CT molecular complexity index is 636. The van der Waals surface area contributed by atoms with Gasteiger partial charge in [0.2, 0.25) is 0 Å². The molecule has 0 saturated carbocycles. The van der Waals surface area contributed by atoms with Gasteiger partial charge < -0.3 is 8.75 Å². The lowest BCUT2D eigenvalue weighted by Crippen LogP contribution is -2.00. The van der Waals surface area contributed by atoms with Crippen LogP contribution in [-0.2, 0) is 10.7 Å². The molecule has 0 N–H and O–H groups in total. The highest BCUT2D eigenvalue weighted by Gasteiger charge is 2.08. The van der Waals surface area contributed by atoms with E-state index in [4.69, 9.17) is 4.18 Å². The Morgan fingerprint density at radius 2 is 1.53 bits per heavy atom. The lowest BCUT2D eigenvalue weighted by atomic mass is 10.2. The topological polar surface area (TPSA) is 14.2 Å². The average Bonchev–Trinajstić information content (AvgIpc) is 2.78. The number of fused-ring (bicyclic) bond motifs is 3. The standard InChI is InChI=1S/C16H17NOS/c1-2-18-19-12-11-17-15-9-5-3-7-13(15)14-8-4-6-10-16(14)17/h3-10H,2,11-12H2,1H3. The number of hydrogen-bond donors (Lipinski definition) is 0. The zero-order valence-corrected chi connectivity index (χ0v) is 11.8. The zero-order valence-electron chi connectivity index (χ0n) is 11.0. The van der Waals surface area contributed by atoms with E-state index in [2.05, 4.69) is 53.1 Å². The summed E-state index contributed by atoms with van der Waals surface area (Å²) in [6, 6.07) is 17.2. The Balaban J connectivity index is 2.04. The van der Waals surface area contributed by atoms with Crippen molar-refractivity contribution < 1.29 is 4.18 Å². The molecule has 0 atom stereocenters. The Kier molecular flexibility index (Phi) is 3.76. The molecule has 1 heterocycles. The summed E-state index contributed by atoms with van der Waals surface area (Å²) >= 11 is 1.55. The van der Waals surface area contributed by atoms with Crippen molar-refractivity contribution in [3.05, 3.63) is 48.5 Å². The van der Waals surface area contributed by atoms with Crippen molar-refractivity contribution in [1.29, 1.82) is 0 Å². The minimum Gasteiger partial charge on any atom is -0.340 e. The molecule has 0 unspecified atom stereocenters. The quantitative estimate of drug-likeness (QED) is 0.502. The first-order valence-electron chi connectivity index (χ1n) is 6.62. The Hall–Kier alpha value is -1.45. The second-order valence-electron chi connectivity index (χ2n) is 4.41. The highest BCUT2D eigenvalue weighted by atomic mass is 32.2. The van der Waals surface area contributed by atoms with Gasteiger partial charge in [0.1, 0.15) is 0 Å². The second-order valence-corrected chi connectivity index (χ2v) is 5.29. The van der Waals surface area contributed by atoms with Crippen LogP contribution in [0.15, 0.2) is 48.5 Å². The van der Waals surface area contributed by atoms with Gasteiger partial charge in [-0.15, -0.1) is 0 Å². The molecule has 0 radical (unpaired) electrons. The number of rotatable bonds is 5. The molecule has 98 valence electrons. The van der Waals surface area contributed by atoms with Gasteiger partial charge in [-0.25, -0.2) is 0 Å². The first kappa shape index (κ1) is 12.6. The van der Waals surface area contributed by atoms with Crippen LogP contribution >= 0.6 is 12.0 Å². The van der Waals surface area contributed by atoms with E-state index in [0.717, 1.165) is 18.9 Å². The largest absolute Gasteiger partial charge is 0.340 e. The molecule has 3 rings (SSSR count). The van der Waals surface area contributed by atoms with Crippen molar-refractivity contribution in [3.8, 4) is 0 Å². The second kappa shape index (κ2) is 5.68. The number of benzene rings is 2. The Morgan fingerprint density at radius 1 is 0.947 bits per heavy atom. The molecule has 0 aliphatic carbocycles. The molecule has 0 aliphatic rings. The lowest BCUT2D eigenvalue weighted by molar-refractivity contribution is 0.401. The van der Waals surface area contributed by atoms with E-state index in [1.54, 1.807) is 12.0 Å². The van der Waals surface area contributed by atoms with Crippen molar-refractivity contribution in [2.45, 2.75) is 13.5 Å². The number of hydrogen-bond acceptors (Lipinski definition) is 2. The zero-order chi connectivity index (χ0) is 13.1. The van der Waals surface area contributed by atoms with E-state index in [1.807, 2.05) is 6.92 Å². The van der Waals surface area contributed by atoms with Crippen molar-refractivity contribution in [3.63, 3.8) is 0 Å². The number of aromatic nitrogens is 1. The number of para-hydroxylation sites is 2. The molecule has 0 spiro atoms. The van der Waals surface area contributed by atoms with Gasteiger partial charge in [0.15, 0.2) is 0 Å². The van der Waals surface area contributed by atoms with Crippen LogP contribution in [-0.4, -0.2) is 16.9 Å². The number of nitrogens with zero attached hydrogens (tertiary/aromatic N) is 1. The van der Waals surface area contributed by atoms with Crippen LogP contribution < -0.4 is 0 Å². The first-order valence-corrected chi connectivity index (χ1v) is 7.53. The molecule has 3 aromatic rings. The summed E-state index contributed by atoms with van der Waals surface area (Å²) in [5.41, 5.74) is 2.61. The van der Waals surface area contributed by atoms with Crippen molar-refractivity contribution in [2.75, 3.05) is 12.4 Å². The van der Waals surface area contributed by atoms with Gasteiger partial charge in [0, 0.05) is 34.1 Å². The summed E-state index contributed by atoms with van der Waals surface area (Å²) in [6.07, 6.45) is 0. The summed E-state index contributed by atoms with van der Waals surface area (Å²) in [5, 5.41) is 2.67. The minimum absolute atomic E-state index is 0.762. The van der Waals surface area contributed by atoms with Crippen LogP contribution in [0.5, 0.6) is 0 Å². The van der Waals surface area contributed by atoms with E-state index in [9.17, 15) is 0 Å². The van der Waals surface area contributed by atoms with Gasteiger partial charge in [-0.05, 0) is 31.1 Å². The molecule has 2 nitrogen and oxygen atoms in total. The van der Waals surface area contributed by atoms with E-state index in [0.29, 0.717) is 0 Å². The number of aryl methyl sites for hydroxylation is 1. The maximum Gasteiger partial charge on any atom is 0.0585 e. The Labute approximate surface area is 117 Å². The molecule has 0 saturated heterocycles. The van der Waals surface area contributed by atoms with Gasteiger partial charge in [0.25, 0.3) is 0 Å². The summed E-state index contributed by atoms with van der Waals surface area (Å²) in [7, 11) is 0. The fraction of sp³-hybridized carbons (Fsp3) is 0.250. The van der Waals surface area contributed by atoms with Gasteiger partial charge >= 0.3 is 0 Å². The van der Waals surface area contributed by atoms with Crippen molar-refractivity contribution >= 4 is 33.8 Å². The summed E-state index contributed by atoms with van der Waals surface area (Å²) in [6.45, 7) is 3.75. The molecule has 1 aromatic heterocycles. The minimum atomic E-state index is 0.762. The summed E-state index contributed by atoms with van der Waals surface area (Å²) in [4.78, 5) is 0. The van der Waals surface area contributed by atoms with Crippen LogP contribution in [0.25, 0.3) is 21.8 Å². The molecule has 0 bridgehead atoms. The molecule has 19 heavy (non-hydrogen) atoms. The summed E-state index contributed by atoms with van der Waals surface area (Å²) < 4.78 is 7.74. The van der Waals surface area contributed by atoms with Crippen LogP contribution in [0, 0.1) is 0 Å². The van der Waals surface area contributed by atoms with Crippen LogP contribution in [0.1, 0.15) is 6.92 Å². The average molecular weight is 271 g/mol. The Morgan fingerprint density at radius 3 is 2.11 bits per heavy atom. The smallest absolute Gasteiger partial charge is 0.0585 e. The highest BCUT2D eigenvalue weighted by molar-refractivity contribution is 7.94. The summed E-state index contributed by atoms with van der Waals surface area (Å²) in [5.74, 6) is 0.969. The third-order valence-corrected chi connectivity index (χ3v) is 4.03. The van der Waals surface area contributed by atoms with Crippen LogP contribution in [0.4, 0.5) is 0 Å². The highest BCUT2D eigenvalue weighted by Crippen LogP contribution is 2.28. The van der Waals surface area contributed by atoms with E-state index in [-0.39, 0.29) is 0 Å². The van der Waals surface area contributed by atoms with Gasteiger partial charge in [-0.3, -0.25) is 0 Å². The van der Waals surface area contributed by atoms with Gasteiger partial charge in [-0.1, -0.05) is 36.4 Å². The lowest BCUT2D eigenvalue weighted by Gasteiger charge is -2.06. The van der Waals surface area contributed by atoms with Crippen LogP contribution in [0.3, 0.4) is 0 Å².